The largest absolute Gasteiger partial charge is 0.345 e. The summed E-state index contributed by atoms with van der Waals surface area (Å²) in [5.74, 6) is 1.12. The van der Waals surface area contributed by atoms with Gasteiger partial charge >= 0.3 is 0 Å². The van der Waals surface area contributed by atoms with E-state index in [-0.39, 0.29) is 5.92 Å². The normalized spacial score (nSPS) is 25.6. The highest BCUT2D eigenvalue weighted by Gasteiger charge is 2.36. The molecule has 0 radical (unpaired) electrons. The van der Waals surface area contributed by atoms with Gasteiger partial charge in [-0.25, -0.2) is 0 Å². The summed E-state index contributed by atoms with van der Waals surface area (Å²) in [6, 6.07) is 8.54. The molecule has 0 amide bonds. The van der Waals surface area contributed by atoms with Crippen LogP contribution in [0.15, 0.2) is 24.3 Å². The smallest absolute Gasteiger partial charge is 0.127 e. The van der Waals surface area contributed by atoms with Crippen LogP contribution < -0.4 is 0 Å². The van der Waals surface area contributed by atoms with Crippen LogP contribution in [-0.4, -0.2) is 10.9 Å². The molecule has 3 atom stereocenters. The minimum Gasteiger partial charge on any atom is -0.345 e. The lowest BCUT2D eigenvalue weighted by atomic mass is 9.71. The van der Waals surface area contributed by atoms with Gasteiger partial charge in [0.25, 0.3) is 0 Å². The standard InChI is InChI=1S/C18H23NO/c1-4-13-10-17-18(15(11-20)12(13)3)14-8-6-7-9-16(14)19(17)5-2/h6-9,11-13,15H,4-5,10H2,1-3H3. The van der Waals surface area contributed by atoms with Crippen molar-refractivity contribution in [1.82, 2.24) is 4.57 Å². The van der Waals surface area contributed by atoms with Crippen molar-refractivity contribution in [3.05, 3.63) is 35.5 Å². The first-order valence-electron chi connectivity index (χ1n) is 7.78. The van der Waals surface area contributed by atoms with E-state index in [9.17, 15) is 4.79 Å². The van der Waals surface area contributed by atoms with E-state index in [0.717, 1.165) is 19.4 Å². The molecule has 0 saturated carbocycles. The van der Waals surface area contributed by atoms with Crippen LogP contribution >= 0.6 is 0 Å². The minimum atomic E-state index is 0.0569. The number of rotatable bonds is 3. The van der Waals surface area contributed by atoms with Gasteiger partial charge in [0.05, 0.1) is 0 Å². The third kappa shape index (κ3) is 1.74. The highest BCUT2D eigenvalue weighted by molar-refractivity contribution is 5.89. The summed E-state index contributed by atoms with van der Waals surface area (Å²) >= 11 is 0. The van der Waals surface area contributed by atoms with Crippen molar-refractivity contribution in [2.75, 3.05) is 0 Å². The molecule has 0 N–H and O–H groups in total. The van der Waals surface area contributed by atoms with Gasteiger partial charge in [0.1, 0.15) is 6.29 Å². The summed E-state index contributed by atoms with van der Waals surface area (Å²) in [6.07, 6.45) is 3.44. The summed E-state index contributed by atoms with van der Waals surface area (Å²) < 4.78 is 2.41. The Kier molecular flexibility index (Phi) is 3.41. The van der Waals surface area contributed by atoms with Gasteiger partial charge in [0.15, 0.2) is 0 Å². The molecule has 2 aromatic rings. The van der Waals surface area contributed by atoms with E-state index >= 15 is 0 Å². The maximum Gasteiger partial charge on any atom is 0.127 e. The summed E-state index contributed by atoms with van der Waals surface area (Å²) in [5, 5.41) is 1.28. The average Bonchev–Trinajstić information content (AvgIpc) is 2.80. The van der Waals surface area contributed by atoms with Crippen LogP contribution in [-0.2, 0) is 17.8 Å². The number of aldehydes is 1. The number of aryl methyl sites for hydroxylation is 1. The van der Waals surface area contributed by atoms with Gasteiger partial charge < -0.3 is 9.36 Å². The van der Waals surface area contributed by atoms with Gasteiger partial charge in [-0.15, -0.1) is 0 Å². The fraction of sp³-hybridized carbons (Fsp3) is 0.500. The molecule has 3 unspecified atom stereocenters. The van der Waals surface area contributed by atoms with Gasteiger partial charge in [0.2, 0.25) is 0 Å². The number of nitrogens with zero attached hydrogens (tertiary/aromatic N) is 1. The number of fused-ring (bicyclic) bond motifs is 3. The highest BCUT2D eigenvalue weighted by Crippen LogP contribution is 2.44. The lowest BCUT2D eigenvalue weighted by Crippen LogP contribution is -2.29. The Morgan fingerprint density at radius 2 is 2.05 bits per heavy atom. The zero-order chi connectivity index (χ0) is 14.3. The molecule has 1 aromatic heterocycles. The van der Waals surface area contributed by atoms with Crippen LogP contribution in [0.2, 0.25) is 0 Å². The number of aromatic nitrogens is 1. The predicted octanol–water partition coefficient (Wildman–Crippen LogP) is 4.16. The molecule has 0 saturated heterocycles. The van der Waals surface area contributed by atoms with E-state index < -0.39 is 0 Å². The van der Waals surface area contributed by atoms with E-state index in [1.807, 2.05) is 0 Å². The van der Waals surface area contributed by atoms with Gasteiger partial charge in [-0.3, -0.25) is 0 Å². The number of carbonyl (C=O) groups excluding carboxylic acids is 1. The summed E-state index contributed by atoms with van der Waals surface area (Å²) in [4.78, 5) is 11.7. The molecule has 2 nitrogen and oxygen atoms in total. The second kappa shape index (κ2) is 5.08. The van der Waals surface area contributed by atoms with Gasteiger partial charge in [-0.2, -0.15) is 0 Å². The van der Waals surface area contributed by atoms with Crippen molar-refractivity contribution in [3.8, 4) is 0 Å². The van der Waals surface area contributed by atoms with Gasteiger partial charge in [-0.05, 0) is 36.8 Å². The molecule has 0 aliphatic heterocycles. The molecule has 2 heteroatoms. The molecule has 0 fully saturated rings. The molecule has 0 bridgehead atoms. The molecule has 1 aliphatic carbocycles. The van der Waals surface area contributed by atoms with E-state index in [2.05, 4.69) is 49.6 Å². The number of hydrogen-bond donors (Lipinski definition) is 0. The molecule has 0 spiro atoms. The van der Waals surface area contributed by atoms with Crippen molar-refractivity contribution >= 4 is 17.2 Å². The van der Waals surface area contributed by atoms with Crippen molar-refractivity contribution in [2.24, 2.45) is 11.8 Å². The van der Waals surface area contributed by atoms with Crippen LogP contribution in [0.3, 0.4) is 0 Å². The molecule has 1 heterocycles. The second-order valence-electron chi connectivity index (χ2n) is 6.02. The fourth-order valence-corrected chi connectivity index (χ4v) is 4.03. The highest BCUT2D eigenvalue weighted by atomic mass is 16.1. The summed E-state index contributed by atoms with van der Waals surface area (Å²) in [7, 11) is 0. The average molecular weight is 269 g/mol. The Bertz CT molecular complexity index is 640. The zero-order valence-corrected chi connectivity index (χ0v) is 12.6. The lowest BCUT2D eigenvalue weighted by molar-refractivity contribution is -0.110. The number of carbonyl (C=O) groups is 1. The van der Waals surface area contributed by atoms with Crippen LogP contribution in [0, 0.1) is 11.8 Å². The van der Waals surface area contributed by atoms with Crippen LogP contribution in [0.1, 0.15) is 44.4 Å². The molecular formula is C18H23NO. The van der Waals surface area contributed by atoms with Crippen LogP contribution in [0.5, 0.6) is 0 Å². The molecule has 106 valence electrons. The third-order valence-electron chi connectivity index (χ3n) is 5.21. The monoisotopic (exact) mass is 269 g/mol. The van der Waals surface area contributed by atoms with E-state index in [1.54, 1.807) is 0 Å². The van der Waals surface area contributed by atoms with Crippen molar-refractivity contribution < 1.29 is 4.79 Å². The quantitative estimate of drug-likeness (QED) is 0.767. The predicted molar refractivity (Wildman–Crippen MR) is 83.1 cm³/mol. The Balaban J connectivity index is 2.31. The van der Waals surface area contributed by atoms with E-state index in [0.29, 0.717) is 11.8 Å². The third-order valence-corrected chi connectivity index (χ3v) is 5.21. The molecule has 1 aromatic carbocycles. The Morgan fingerprint density at radius 1 is 1.30 bits per heavy atom. The van der Waals surface area contributed by atoms with Crippen molar-refractivity contribution in [2.45, 2.75) is 46.1 Å². The fourth-order valence-electron chi connectivity index (χ4n) is 4.03. The summed E-state index contributed by atoms with van der Waals surface area (Å²) in [5.41, 5.74) is 3.99. The first-order valence-corrected chi connectivity index (χ1v) is 7.78. The van der Waals surface area contributed by atoms with Crippen molar-refractivity contribution in [3.63, 3.8) is 0 Å². The minimum absolute atomic E-state index is 0.0569. The Labute approximate surface area is 120 Å². The maximum absolute atomic E-state index is 11.7. The lowest BCUT2D eigenvalue weighted by Gasteiger charge is -2.34. The van der Waals surface area contributed by atoms with Crippen LogP contribution in [0.25, 0.3) is 10.9 Å². The molecule has 1 aliphatic rings. The van der Waals surface area contributed by atoms with Crippen molar-refractivity contribution in [1.29, 1.82) is 0 Å². The number of hydrogen-bond acceptors (Lipinski definition) is 1. The first-order chi connectivity index (χ1) is 9.72. The Hall–Kier alpha value is -1.57. The van der Waals surface area contributed by atoms with Gasteiger partial charge in [0, 0.05) is 29.1 Å². The van der Waals surface area contributed by atoms with E-state index in [4.69, 9.17) is 0 Å². The first kappa shape index (κ1) is 13.4. The number of para-hydroxylation sites is 1. The van der Waals surface area contributed by atoms with E-state index in [1.165, 1.54) is 28.4 Å². The molecular weight excluding hydrogens is 246 g/mol. The topological polar surface area (TPSA) is 22.0 Å². The summed E-state index contributed by atoms with van der Waals surface area (Å²) in [6.45, 7) is 7.66. The Morgan fingerprint density at radius 3 is 2.70 bits per heavy atom. The van der Waals surface area contributed by atoms with Crippen LogP contribution in [0.4, 0.5) is 0 Å². The maximum atomic E-state index is 11.7. The zero-order valence-electron chi connectivity index (χ0n) is 12.6. The number of benzene rings is 1. The molecule has 20 heavy (non-hydrogen) atoms. The van der Waals surface area contributed by atoms with Gasteiger partial charge in [-0.1, -0.05) is 38.5 Å². The molecule has 3 rings (SSSR count). The SMILES string of the molecule is CCC1Cc2c(c3ccccc3n2CC)C(C=O)C1C. The second-order valence-corrected chi connectivity index (χ2v) is 6.02.